The molecular weight excluding hydrogens is 238 g/mol. The topological polar surface area (TPSA) is 49.2 Å². The van der Waals surface area contributed by atoms with E-state index in [1.807, 2.05) is 12.1 Å². The summed E-state index contributed by atoms with van der Waals surface area (Å²) >= 11 is 0. The van der Waals surface area contributed by atoms with Crippen molar-refractivity contribution in [1.82, 2.24) is 4.98 Å². The van der Waals surface area contributed by atoms with E-state index in [0.29, 0.717) is 17.0 Å². The molecule has 0 unspecified atom stereocenters. The first-order valence-electron chi connectivity index (χ1n) is 6.96. The highest BCUT2D eigenvalue weighted by atomic mass is 16.5. The molecule has 2 saturated heterocycles. The van der Waals surface area contributed by atoms with E-state index >= 15 is 0 Å². The Morgan fingerprint density at radius 3 is 2.95 bits per heavy atom. The molecule has 0 aliphatic carbocycles. The fourth-order valence-corrected chi connectivity index (χ4v) is 3.52. The van der Waals surface area contributed by atoms with Crippen molar-refractivity contribution >= 4 is 5.82 Å². The fourth-order valence-electron chi connectivity index (χ4n) is 3.52. The average Bonchev–Trinajstić information content (AvgIpc) is 2.77. The lowest BCUT2D eigenvalue weighted by atomic mass is 9.74. The molecule has 3 heterocycles. The van der Waals surface area contributed by atoms with Crippen LogP contribution >= 0.6 is 0 Å². The Balaban J connectivity index is 1.89. The maximum atomic E-state index is 9.23. The highest BCUT2D eigenvalue weighted by Gasteiger charge is 2.46. The minimum Gasteiger partial charge on any atom is -0.381 e. The molecule has 0 radical (unpaired) electrons. The van der Waals surface area contributed by atoms with Gasteiger partial charge in [-0.2, -0.15) is 5.26 Å². The Labute approximate surface area is 114 Å². The molecule has 0 N–H and O–H groups in total. The Morgan fingerprint density at radius 2 is 2.21 bits per heavy atom. The number of pyridine rings is 1. The second kappa shape index (κ2) is 4.82. The van der Waals surface area contributed by atoms with E-state index in [2.05, 4.69) is 22.9 Å². The molecule has 2 aliphatic rings. The molecule has 100 valence electrons. The van der Waals surface area contributed by atoms with Gasteiger partial charge in [-0.25, -0.2) is 4.98 Å². The van der Waals surface area contributed by atoms with Gasteiger partial charge < -0.3 is 9.64 Å². The summed E-state index contributed by atoms with van der Waals surface area (Å²) < 4.78 is 5.50. The van der Waals surface area contributed by atoms with E-state index in [4.69, 9.17) is 4.74 Å². The Kier molecular flexibility index (Phi) is 3.16. The van der Waals surface area contributed by atoms with Crippen molar-refractivity contribution in [2.75, 3.05) is 24.7 Å². The normalized spacial score (nSPS) is 25.5. The summed E-state index contributed by atoms with van der Waals surface area (Å²) in [6.07, 6.45) is 5.20. The highest BCUT2D eigenvalue weighted by Crippen LogP contribution is 2.46. The molecule has 0 amide bonds. The first-order valence-corrected chi connectivity index (χ1v) is 6.96. The van der Waals surface area contributed by atoms with Gasteiger partial charge in [0.2, 0.25) is 0 Å². The molecule has 0 bridgehead atoms. The molecule has 1 aromatic rings. The summed E-state index contributed by atoms with van der Waals surface area (Å²) in [6.45, 7) is 5.00. The van der Waals surface area contributed by atoms with Crippen LogP contribution in [0, 0.1) is 16.7 Å². The number of ether oxygens (including phenoxy) is 1. The summed E-state index contributed by atoms with van der Waals surface area (Å²) in [5.74, 6) is 0.848. The summed E-state index contributed by atoms with van der Waals surface area (Å²) in [4.78, 5) is 6.74. The molecular formula is C15H19N3O. The number of aromatic nitrogens is 1. The van der Waals surface area contributed by atoms with Crippen molar-refractivity contribution in [1.29, 1.82) is 5.26 Å². The van der Waals surface area contributed by atoms with Crippen LogP contribution in [0.2, 0.25) is 0 Å². The molecule has 19 heavy (non-hydrogen) atoms. The van der Waals surface area contributed by atoms with Crippen molar-refractivity contribution < 1.29 is 4.74 Å². The maximum absolute atomic E-state index is 9.23. The molecule has 4 heteroatoms. The van der Waals surface area contributed by atoms with Crippen molar-refractivity contribution in [3.63, 3.8) is 0 Å². The van der Waals surface area contributed by atoms with E-state index in [1.54, 1.807) is 6.20 Å². The predicted octanol–water partition coefficient (Wildman–Crippen LogP) is 2.35. The lowest BCUT2D eigenvalue weighted by Crippen LogP contribution is -2.41. The molecule has 3 rings (SSSR count). The van der Waals surface area contributed by atoms with Gasteiger partial charge in [0.25, 0.3) is 0 Å². The van der Waals surface area contributed by atoms with Crippen LogP contribution in [0.3, 0.4) is 0 Å². The van der Waals surface area contributed by atoms with Gasteiger partial charge in [0.1, 0.15) is 11.9 Å². The van der Waals surface area contributed by atoms with Crippen LogP contribution in [-0.4, -0.2) is 30.8 Å². The average molecular weight is 257 g/mol. The minimum atomic E-state index is 0.350. The lowest BCUT2D eigenvalue weighted by Gasteiger charge is -2.39. The number of rotatable bonds is 1. The standard InChI is InChI=1S/C15H19N3O/c1-12-15(5-9-19-10-6-15)4-8-18(12)14-13(11-16)3-2-7-17-14/h2-3,7,12H,4-6,8-10H2,1H3/t12-/m1/s1. The zero-order valence-electron chi connectivity index (χ0n) is 11.3. The SMILES string of the molecule is C[C@H]1N(c2ncccc2C#N)CCC12CCOCC2. The molecule has 1 spiro atoms. The maximum Gasteiger partial charge on any atom is 0.146 e. The second-order valence-corrected chi connectivity index (χ2v) is 5.58. The minimum absolute atomic E-state index is 0.350. The van der Waals surface area contributed by atoms with E-state index in [-0.39, 0.29) is 0 Å². The zero-order valence-corrected chi connectivity index (χ0v) is 11.3. The van der Waals surface area contributed by atoms with Crippen LogP contribution in [0.4, 0.5) is 5.82 Å². The molecule has 2 aliphatic heterocycles. The lowest BCUT2D eigenvalue weighted by molar-refractivity contribution is 0.0128. The van der Waals surface area contributed by atoms with Crippen LogP contribution in [0.25, 0.3) is 0 Å². The number of nitrogens with zero attached hydrogens (tertiary/aromatic N) is 3. The Morgan fingerprint density at radius 1 is 1.42 bits per heavy atom. The molecule has 2 fully saturated rings. The molecule has 1 atom stereocenters. The quantitative estimate of drug-likeness (QED) is 0.775. The van der Waals surface area contributed by atoms with E-state index in [9.17, 15) is 5.26 Å². The fraction of sp³-hybridized carbons (Fsp3) is 0.600. The summed E-state index contributed by atoms with van der Waals surface area (Å²) in [5, 5.41) is 9.23. The summed E-state index contributed by atoms with van der Waals surface area (Å²) in [5.41, 5.74) is 1.03. The van der Waals surface area contributed by atoms with Crippen molar-refractivity contribution in [3.05, 3.63) is 23.9 Å². The van der Waals surface area contributed by atoms with Crippen molar-refractivity contribution in [2.24, 2.45) is 5.41 Å². The first-order chi connectivity index (χ1) is 9.27. The monoisotopic (exact) mass is 257 g/mol. The zero-order chi connectivity index (χ0) is 13.3. The third kappa shape index (κ3) is 1.98. The van der Waals surface area contributed by atoms with Gasteiger partial charge in [0.05, 0.1) is 5.56 Å². The van der Waals surface area contributed by atoms with Crippen LogP contribution < -0.4 is 4.90 Å². The summed E-state index contributed by atoms with van der Waals surface area (Å²) in [7, 11) is 0. The second-order valence-electron chi connectivity index (χ2n) is 5.58. The largest absolute Gasteiger partial charge is 0.381 e. The van der Waals surface area contributed by atoms with Gasteiger partial charge in [0, 0.05) is 32.0 Å². The number of hydrogen-bond donors (Lipinski definition) is 0. The molecule has 0 saturated carbocycles. The van der Waals surface area contributed by atoms with Gasteiger partial charge in [-0.1, -0.05) is 0 Å². The van der Waals surface area contributed by atoms with Crippen LogP contribution in [0.5, 0.6) is 0 Å². The van der Waals surface area contributed by atoms with Gasteiger partial charge >= 0.3 is 0 Å². The molecule has 1 aromatic heterocycles. The number of nitriles is 1. The smallest absolute Gasteiger partial charge is 0.146 e. The third-order valence-electron chi connectivity index (χ3n) is 4.87. The first kappa shape index (κ1) is 12.4. The van der Waals surface area contributed by atoms with Gasteiger partial charge in [-0.15, -0.1) is 0 Å². The highest BCUT2D eigenvalue weighted by molar-refractivity contribution is 5.55. The van der Waals surface area contributed by atoms with Gasteiger partial charge in [-0.05, 0) is 43.7 Å². The van der Waals surface area contributed by atoms with E-state index < -0.39 is 0 Å². The number of anilines is 1. The van der Waals surface area contributed by atoms with Gasteiger partial charge in [-0.3, -0.25) is 0 Å². The Hall–Kier alpha value is -1.60. The molecule has 0 aromatic carbocycles. The number of hydrogen-bond acceptors (Lipinski definition) is 4. The van der Waals surface area contributed by atoms with E-state index in [0.717, 1.165) is 38.4 Å². The predicted molar refractivity (Wildman–Crippen MR) is 72.9 cm³/mol. The van der Waals surface area contributed by atoms with Crippen molar-refractivity contribution in [2.45, 2.75) is 32.2 Å². The van der Waals surface area contributed by atoms with Gasteiger partial charge in [0.15, 0.2) is 0 Å². The van der Waals surface area contributed by atoms with E-state index in [1.165, 1.54) is 6.42 Å². The summed E-state index contributed by atoms with van der Waals surface area (Å²) in [6, 6.07) is 6.36. The van der Waals surface area contributed by atoms with Crippen LogP contribution in [-0.2, 0) is 4.74 Å². The van der Waals surface area contributed by atoms with Crippen LogP contribution in [0.15, 0.2) is 18.3 Å². The van der Waals surface area contributed by atoms with Crippen LogP contribution in [0.1, 0.15) is 31.7 Å². The third-order valence-corrected chi connectivity index (χ3v) is 4.87. The van der Waals surface area contributed by atoms with Crippen molar-refractivity contribution in [3.8, 4) is 6.07 Å². The molecule has 4 nitrogen and oxygen atoms in total. The Bertz CT molecular complexity index is 502.